The highest BCUT2D eigenvalue weighted by Gasteiger charge is 2.22. The zero-order chi connectivity index (χ0) is 24.1. The third-order valence-electron chi connectivity index (χ3n) is 4.64. The number of nitrogens with zero attached hydrogens (tertiary/aromatic N) is 8. The number of fused-ring (bicyclic) bond motifs is 2. The van der Waals surface area contributed by atoms with Crippen molar-refractivity contribution in [3.63, 3.8) is 0 Å². The van der Waals surface area contributed by atoms with E-state index in [0.717, 1.165) is 12.7 Å². The van der Waals surface area contributed by atoms with Gasteiger partial charge in [0, 0.05) is 4.57 Å². The average Bonchev–Trinajstić information content (AvgIpc) is 3.40. The number of aromatic nitrogens is 8. The second-order valence-electron chi connectivity index (χ2n) is 7.14. The number of hydrogen-bond donors (Lipinski definition) is 0. The van der Waals surface area contributed by atoms with E-state index in [1.54, 1.807) is 23.0 Å². The van der Waals surface area contributed by atoms with Crippen molar-refractivity contribution in [2.45, 2.75) is 39.1 Å². The van der Waals surface area contributed by atoms with Gasteiger partial charge in [0.25, 0.3) is 0 Å². The van der Waals surface area contributed by atoms with Crippen molar-refractivity contribution in [1.82, 2.24) is 39.0 Å². The van der Waals surface area contributed by atoms with Crippen LogP contribution in [0.3, 0.4) is 0 Å². The highest BCUT2D eigenvalue weighted by atomic mass is 31.1. The summed E-state index contributed by atoms with van der Waals surface area (Å²) in [5.41, 5.74) is 0.813. The molecule has 180 valence electrons. The topological polar surface area (TPSA) is 141 Å². The molecule has 0 saturated heterocycles. The van der Waals surface area contributed by atoms with Gasteiger partial charge in [-0.25, -0.2) is 29.9 Å². The SMILES string of the molecule is C[C@H](Cn1cnc2c(F)ncnc21)OCO[P+](=O)OCO[C@H](C)Cn1cnc2c(F)ncnc21. The average molecular weight is 497 g/mol. The Hall–Kier alpha value is -3.10. The van der Waals surface area contributed by atoms with Gasteiger partial charge in [-0.2, -0.15) is 8.78 Å². The molecule has 0 aliphatic rings. The first-order chi connectivity index (χ1) is 16.4. The number of imidazole rings is 2. The van der Waals surface area contributed by atoms with Crippen LogP contribution in [0.25, 0.3) is 22.3 Å². The summed E-state index contributed by atoms with van der Waals surface area (Å²) in [6, 6.07) is 0. The second-order valence-corrected chi connectivity index (χ2v) is 8.10. The predicted octanol–water partition coefficient (Wildman–Crippen LogP) is 2.36. The van der Waals surface area contributed by atoms with Crippen LogP contribution in [-0.4, -0.2) is 64.8 Å². The van der Waals surface area contributed by atoms with Gasteiger partial charge in [0.15, 0.2) is 22.3 Å². The Labute approximate surface area is 192 Å². The Bertz CT molecular complexity index is 1190. The molecule has 0 N–H and O–H groups in total. The molecule has 4 aromatic heterocycles. The molecule has 0 aliphatic carbocycles. The second kappa shape index (κ2) is 10.9. The molecule has 16 heteroatoms. The Kier molecular flexibility index (Phi) is 7.70. The van der Waals surface area contributed by atoms with Gasteiger partial charge in [0.05, 0.1) is 38.0 Å². The van der Waals surface area contributed by atoms with Crippen molar-refractivity contribution in [3.05, 3.63) is 37.2 Å². The van der Waals surface area contributed by atoms with E-state index in [1.165, 1.54) is 12.7 Å². The van der Waals surface area contributed by atoms with E-state index in [-0.39, 0.29) is 36.8 Å². The highest BCUT2D eigenvalue weighted by Crippen LogP contribution is 2.24. The zero-order valence-corrected chi connectivity index (χ0v) is 19.0. The van der Waals surface area contributed by atoms with E-state index in [9.17, 15) is 13.3 Å². The standard InChI is InChI=1S/C18H20F2N8O5P/c1-11(3-27-7-25-13-15(19)21-5-23-17(13)27)30-9-32-34(29)33-10-31-12(2)4-28-8-26-14-16(20)22-6-24-18(14)28/h5-8,11-12H,3-4,9-10H2,1-2H3/q+1/t11-,12-/m1/s1. The summed E-state index contributed by atoms with van der Waals surface area (Å²) in [5.74, 6) is -1.40. The van der Waals surface area contributed by atoms with Crippen molar-refractivity contribution < 1.29 is 31.9 Å². The van der Waals surface area contributed by atoms with Crippen molar-refractivity contribution in [1.29, 1.82) is 0 Å². The molecule has 0 amide bonds. The van der Waals surface area contributed by atoms with Gasteiger partial charge in [-0.3, -0.25) is 0 Å². The third kappa shape index (κ3) is 5.69. The van der Waals surface area contributed by atoms with E-state index in [0.29, 0.717) is 24.4 Å². The lowest BCUT2D eigenvalue weighted by Gasteiger charge is -2.12. The first-order valence-electron chi connectivity index (χ1n) is 10.0. The molecule has 0 fully saturated rings. The van der Waals surface area contributed by atoms with Crippen molar-refractivity contribution in [2.24, 2.45) is 0 Å². The third-order valence-corrected chi connectivity index (χ3v) is 5.27. The molecule has 4 aromatic rings. The lowest BCUT2D eigenvalue weighted by Crippen LogP contribution is -2.18. The van der Waals surface area contributed by atoms with Crippen LogP contribution in [0.2, 0.25) is 0 Å². The van der Waals surface area contributed by atoms with Crippen LogP contribution in [0.15, 0.2) is 25.3 Å². The Morgan fingerprint density at radius 1 is 0.794 bits per heavy atom. The van der Waals surface area contributed by atoms with Crippen LogP contribution < -0.4 is 0 Å². The first-order valence-corrected chi connectivity index (χ1v) is 11.1. The molecule has 0 radical (unpaired) electrons. The summed E-state index contributed by atoms with van der Waals surface area (Å²) in [6.07, 6.45) is 4.33. The summed E-state index contributed by atoms with van der Waals surface area (Å²) in [5, 5.41) is 0. The monoisotopic (exact) mass is 497 g/mol. The van der Waals surface area contributed by atoms with E-state index in [4.69, 9.17) is 18.5 Å². The smallest absolute Gasteiger partial charge is 0.346 e. The number of rotatable bonds is 12. The van der Waals surface area contributed by atoms with Gasteiger partial charge in [-0.15, -0.1) is 0 Å². The fourth-order valence-corrected chi connectivity index (χ4v) is 3.42. The molecule has 34 heavy (non-hydrogen) atoms. The van der Waals surface area contributed by atoms with Gasteiger partial charge in [0.1, 0.15) is 12.7 Å². The summed E-state index contributed by atoms with van der Waals surface area (Å²) in [7, 11) is -2.49. The first kappa shape index (κ1) is 24.0. The van der Waals surface area contributed by atoms with Crippen LogP contribution in [0.5, 0.6) is 0 Å². The maximum atomic E-state index is 13.6. The van der Waals surface area contributed by atoms with E-state index in [2.05, 4.69) is 29.9 Å². The molecule has 2 atom stereocenters. The Balaban J connectivity index is 1.14. The highest BCUT2D eigenvalue weighted by molar-refractivity contribution is 7.33. The lowest BCUT2D eigenvalue weighted by molar-refractivity contribution is -0.0597. The van der Waals surface area contributed by atoms with Crippen LogP contribution >= 0.6 is 8.25 Å². The summed E-state index contributed by atoms with van der Waals surface area (Å²) in [6.45, 7) is 3.53. The minimum atomic E-state index is -2.49. The largest absolute Gasteiger partial charge is 0.702 e. The summed E-state index contributed by atoms with van der Waals surface area (Å²) >= 11 is 0. The van der Waals surface area contributed by atoms with Crippen LogP contribution in [-0.2, 0) is 36.2 Å². The van der Waals surface area contributed by atoms with Gasteiger partial charge >= 0.3 is 8.25 Å². The molecule has 4 rings (SSSR count). The van der Waals surface area contributed by atoms with E-state index >= 15 is 0 Å². The van der Waals surface area contributed by atoms with Crippen LogP contribution in [0, 0.1) is 11.9 Å². The number of halogens is 2. The Morgan fingerprint density at radius 2 is 1.24 bits per heavy atom. The molecule has 13 nitrogen and oxygen atoms in total. The molecule has 0 aliphatic heterocycles. The summed E-state index contributed by atoms with van der Waals surface area (Å²) < 4.78 is 63.2. The maximum absolute atomic E-state index is 13.6. The van der Waals surface area contributed by atoms with Crippen LogP contribution in [0.4, 0.5) is 8.78 Å². The van der Waals surface area contributed by atoms with Crippen LogP contribution in [0.1, 0.15) is 13.8 Å². The molecule has 0 aromatic carbocycles. The molecule has 4 heterocycles. The molecule has 0 saturated carbocycles. The van der Waals surface area contributed by atoms with Crippen molar-refractivity contribution in [2.75, 3.05) is 13.6 Å². The van der Waals surface area contributed by atoms with Gasteiger partial charge in [0.2, 0.25) is 25.5 Å². The fourth-order valence-electron chi connectivity index (χ4n) is 3.05. The zero-order valence-electron chi connectivity index (χ0n) is 18.1. The fraction of sp³-hybridized carbons (Fsp3) is 0.444. The van der Waals surface area contributed by atoms with Gasteiger partial charge in [-0.05, 0) is 13.8 Å². The molecule has 0 spiro atoms. The quantitative estimate of drug-likeness (QED) is 0.162. The van der Waals surface area contributed by atoms with Crippen molar-refractivity contribution >= 4 is 30.6 Å². The maximum Gasteiger partial charge on any atom is 0.702 e. The number of hydrogen-bond acceptors (Lipinski definition) is 11. The van der Waals surface area contributed by atoms with Gasteiger partial charge < -0.3 is 18.6 Å². The minimum Gasteiger partial charge on any atom is -0.346 e. The molecule has 0 bridgehead atoms. The van der Waals surface area contributed by atoms with Gasteiger partial charge in [-0.1, -0.05) is 9.05 Å². The van der Waals surface area contributed by atoms with Crippen molar-refractivity contribution in [3.8, 4) is 0 Å². The molecular formula is C18H20F2N8O5P+. The summed E-state index contributed by atoms with van der Waals surface area (Å²) in [4.78, 5) is 22.8. The predicted molar refractivity (Wildman–Crippen MR) is 111 cm³/mol. The number of ether oxygens (including phenoxy) is 2. The molecular weight excluding hydrogens is 477 g/mol. The van der Waals surface area contributed by atoms with E-state index in [1.807, 2.05) is 0 Å². The van der Waals surface area contributed by atoms with E-state index < -0.39 is 20.2 Å². The molecule has 0 unspecified atom stereocenters. The minimum absolute atomic E-state index is 0.0679. The lowest BCUT2D eigenvalue weighted by atomic mass is 10.4. The Morgan fingerprint density at radius 3 is 1.68 bits per heavy atom. The normalized spacial score (nSPS) is 13.5.